The Balaban J connectivity index is 1.31. The summed E-state index contributed by atoms with van der Waals surface area (Å²) in [7, 11) is 1.41. The molecule has 1 amide bonds. The molecule has 0 heterocycles. The number of nitrogens with one attached hydrogen (secondary N) is 1. The first-order valence-corrected chi connectivity index (χ1v) is 10.6. The van der Waals surface area contributed by atoms with Crippen molar-refractivity contribution in [2.75, 3.05) is 20.3 Å². The van der Waals surface area contributed by atoms with Gasteiger partial charge in [0, 0.05) is 18.9 Å². The van der Waals surface area contributed by atoms with Crippen molar-refractivity contribution in [1.82, 2.24) is 5.32 Å². The number of hydrogen-bond donors (Lipinski definition) is 2. The van der Waals surface area contributed by atoms with Crippen LogP contribution in [0.5, 0.6) is 5.75 Å². The normalized spacial score (nSPS) is 11.5. The van der Waals surface area contributed by atoms with E-state index in [9.17, 15) is 14.7 Å². The van der Waals surface area contributed by atoms with E-state index in [4.69, 9.17) is 9.47 Å². The Morgan fingerprint density at radius 1 is 0.970 bits per heavy atom. The number of rotatable bonds is 6. The standard InChI is InChI=1S/C27H23NO5/c1-32-25-18(10-8-15-23(25)26(29)30)9-6-7-16-28-27(31)33-17-24-21-13-4-2-11-19(21)20-12-3-5-14-22(20)24/h2-5,8,10-15,24H,7,16-17H2,1H3,(H,28,31)(H,29,30). The molecule has 1 aliphatic rings. The molecule has 2 N–H and O–H groups in total. The molecule has 0 radical (unpaired) electrons. The number of fused-ring (bicyclic) bond motifs is 3. The topological polar surface area (TPSA) is 84.9 Å². The summed E-state index contributed by atoms with van der Waals surface area (Å²) in [5.41, 5.74) is 5.23. The molecular formula is C27H23NO5. The van der Waals surface area contributed by atoms with E-state index in [2.05, 4.69) is 41.4 Å². The number of carboxylic acid groups (broad SMARTS) is 1. The van der Waals surface area contributed by atoms with E-state index in [0.29, 0.717) is 18.5 Å². The van der Waals surface area contributed by atoms with Crippen molar-refractivity contribution in [2.24, 2.45) is 0 Å². The summed E-state index contributed by atoms with van der Waals surface area (Å²) in [4.78, 5) is 23.5. The van der Waals surface area contributed by atoms with Gasteiger partial charge in [-0.3, -0.25) is 0 Å². The number of methoxy groups -OCH3 is 1. The van der Waals surface area contributed by atoms with Crippen LogP contribution in [0.1, 0.15) is 39.4 Å². The van der Waals surface area contributed by atoms with Gasteiger partial charge in [0.1, 0.15) is 17.9 Å². The van der Waals surface area contributed by atoms with Crippen LogP contribution < -0.4 is 10.1 Å². The highest BCUT2D eigenvalue weighted by Crippen LogP contribution is 2.44. The zero-order chi connectivity index (χ0) is 23.2. The van der Waals surface area contributed by atoms with Crippen molar-refractivity contribution in [2.45, 2.75) is 12.3 Å². The Bertz CT molecular complexity index is 1210. The molecular weight excluding hydrogens is 418 g/mol. The molecule has 4 rings (SSSR count). The van der Waals surface area contributed by atoms with Gasteiger partial charge < -0.3 is 19.9 Å². The van der Waals surface area contributed by atoms with Gasteiger partial charge >= 0.3 is 12.1 Å². The Labute approximate surface area is 192 Å². The number of amides is 1. The summed E-state index contributed by atoms with van der Waals surface area (Å²) in [5.74, 6) is 4.99. The summed E-state index contributed by atoms with van der Waals surface area (Å²) in [5, 5.41) is 11.9. The van der Waals surface area contributed by atoms with Crippen LogP contribution in [0.4, 0.5) is 4.79 Å². The lowest BCUT2D eigenvalue weighted by atomic mass is 9.98. The average Bonchev–Trinajstić information content (AvgIpc) is 3.16. The number of carboxylic acids is 1. The first-order chi connectivity index (χ1) is 16.1. The van der Waals surface area contributed by atoms with Gasteiger partial charge in [0.05, 0.1) is 12.7 Å². The number of carbonyl (C=O) groups excluding carboxylic acids is 1. The van der Waals surface area contributed by atoms with Crippen LogP contribution in [0.2, 0.25) is 0 Å². The first-order valence-electron chi connectivity index (χ1n) is 10.6. The lowest BCUT2D eigenvalue weighted by Crippen LogP contribution is -2.26. The van der Waals surface area contributed by atoms with E-state index in [1.807, 2.05) is 24.3 Å². The molecule has 0 aliphatic heterocycles. The van der Waals surface area contributed by atoms with Crippen molar-refractivity contribution in [3.8, 4) is 28.7 Å². The minimum atomic E-state index is -1.08. The minimum Gasteiger partial charge on any atom is -0.495 e. The fraction of sp³-hybridized carbons (Fsp3) is 0.185. The summed E-state index contributed by atoms with van der Waals surface area (Å²) in [6.07, 6.45) is -0.117. The Kier molecular flexibility index (Phi) is 6.61. The zero-order valence-electron chi connectivity index (χ0n) is 18.1. The number of para-hydroxylation sites is 1. The molecule has 1 aliphatic carbocycles. The highest BCUT2D eigenvalue weighted by Gasteiger charge is 2.28. The molecule has 3 aromatic rings. The second-order valence-corrected chi connectivity index (χ2v) is 7.50. The first kappa shape index (κ1) is 22.0. The monoisotopic (exact) mass is 441 g/mol. The molecule has 0 aromatic heterocycles. The molecule has 0 fully saturated rings. The lowest BCUT2D eigenvalue weighted by Gasteiger charge is -2.14. The van der Waals surface area contributed by atoms with E-state index >= 15 is 0 Å². The van der Waals surface area contributed by atoms with Gasteiger partial charge in [-0.25, -0.2) is 9.59 Å². The Hall–Kier alpha value is -4.24. The van der Waals surface area contributed by atoms with E-state index in [1.165, 1.54) is 24.3 Å². The van der Waals surface area contributed by atoms with Gasteiger partial charge in [-0.1, -0.05) is 66.4 Å². The summed E-state index contributed by atoms with van der Waals surface area (Å²) >= 11 is 0. The number of hydrogen-bond acceptors (Lipinski definition) is 4. The van der Waals surface area contributed by atoms with Crippen LogP contribution in [0, 0.1) is 11.8 Å². The predicted octanol–water partition coefficient (Wildman–Crippen LogP) is 4.67. The van der Waals surface area contributed by atoms with Crippen LogP contribution in [0.25, 0.3) is 11.1 Å². The molecule has 6 heteroatoms. The molecule has 0 spiro atoms. The quantitative estimate of drug-likeness (QED) is 0.429. The van der Waals surface area contributed by atoms with Gasteiger partial charge in [0.25, 0.3) is 0 Å². The molecule has 0 bridgehead atoms. The third kappa shape index (κ3) is 4.68. The maximum Gasteiger partial charge on any atom is 0.407 e. The summed E-state index contributed by atoms with van der Waals surface area (Å²) < 4.78 is 10.7. The van der Waals surface area contributed by atoms with E-state index in [-0.39, 0.29) is 23.8 Å². The molecule has 6 nitrogen and oxygen atoms in total. The molecule has 33 heavy (non-hydrogen) atoms. The highest BCUT2D eigenvalue weighted by molar-refractivity contribution is 5.92. The van der Waals surface area contributed by atoms with Crippen molar-refractivity contribution in [3.63, 3.8) is 0 Å². The predicted molar refractivity (Wildman–Crippen MR) is 125 cm³/mol. The van der Waals surface area contributed by atoms with Gasteiger partial charge in [-0.15, -0.1) is 0 Å². The van der Waals surface area contributed by atoms with E-state index < -0.39 is 12.1 Å². The number of ether oxygens (including phenoxy) is 2. The highest BCUT2D eigenvalue weighted by atomic mass is 16.5. The second kappa shape index (κ2) is 9.92. The van der Waals surface area contributed by atoms with Gasteiger partial charge in [0.2, 0.25) is 0 Å². The summed E-state index contributed by atoms with van der Waals surface area (Å²) in [6, 6.07) is 21.1. The van der Waals surface area contributed by atoms with E-state index in [1.54, 1.807) is 12.1 Å². The molecule has 166 valence electrons. The fourth-order valence-electron chi connectivity index (χ4n) is 4.06. The van der Waals surface area contributed by atoms with Crippen molar-refractivity contribution < 1.29 is 24.2 Å². The number of alkyl carbamates (subject to hydrolysis) is 1. The zero-order valence-corrected chi connectivity index (χ0v) is 18.1. The number of carbonyl (C=O) groups is 2. The van der Waals surface area contributed by atoms with Gasteiger partial charge in [-0.05, 0) is 34.4 Å². The molecule has 0 saturated carbocycles. The second-order valence-electron chi connectivity index (χ2n) is 7.50. The van der Waals surface area contributed by atoms with Crippen LogP contribution in [-0.4, -0.2) is 37.4 Å². The maximum absolute atomic E-state index is 12.2. The Morgan fingerprint density at radius 2 is 1.64 bits per heavy atom. The molecule has 0 atom stereocenters. The van der Waals surface area contributed by atoms with Crippen LogP contribution in [-0.2, 0) is 4.74 Å². The van der Waals surface area contributed by atoms with Crippen molar-refractivity contribution in [1.29, 1.82) is 0 Å². The number of benzene rings is 3. The SMILES string of the molecule is COc1c(C#CCCNC(=O)OCC2c3ccccc3-c3ccccc32)cccc1C(=O)O. The van der Waals surface area contributed by atoms with Crippen LogP contribution >= 0.6 is 0 Å². The third-order valence-electron chi connectivity index (χ3n) is 5.54. The number of aromatic carboxylic acids is 1. The van der Waals surface area contributed by atoms with Gasteiger partial charge in [0.15, 0.2) is 0 Å². The lowest BCUT2D eigenvalue weighted by molar-refractivity contribution is 0.0693. The third-order valence-corrected chi connectivity index (χ3v) is 5.54. The largest absolute Gasteiger partial charge is 0.495 e. The summed E-state index contributed by atoms with van der Waals surface area (Å²) in [6.45, 7) is 0.565. The maximum atomic E-state index is 12.2. The van der Waals surface area contributed by atoms with Crippen molar-refractivity contribution in [3.05, 3.63) is 89.0 Å². The van der Waals surface area contributed by atoms with Gasteiger partial charge in [-0.2, -0.15) is 0 Å². The van der Waals surface area contributed by atoms with E-state index in [0.717, 1.165) is 11.1 Å². The fourth-order valence-corrected chi connectivity index (χ4v) is 4.06. The molecule has 0 unspecified atom stereocenters. The smallest absolute Gasteiger partial charge is 0.407 e. The van der Waals surface area contributed by atoms with Crippen LogP contribution in [0.3, 0.4) is 0 Å². The Morgan fingerprint density at radius 3 is 2.27 bits per heavy atom. The van der Waals surface area contributed by atoms with Crippen molar-refractivity contribution >= 4 is 12.1 Å². The van der Waals surface area contributed by atoms with Crippen LogP contribution in [0.15, 0.2) is 66.7 Å². The molecule has 3 aromatic carbocycles. The minimum absolute atomic E-state index is 0.0110. The molecule has 0 saturated heterocycles. The average molecular weight is 441 g/mol.